The van der Waals surface area contributed by atoms with Crippen molar-refractivity contribution in [3.63, 3.8) is 0 Å². The third kappa shape index (κ3) is 7.12. The molecule has 8 heteroatoms. The number of carbonyl (C=O) groups is 2. The lowest BCUT2D eigenvalue weighted by atomic mass is 10.1. The quantitative estimate of drug-likeness (QED) is 0.481. The molecule has 2 amide bonds. The summed E-state index contributed by atoms with van der Waals surface area (Å²) in [6.45, 7) is 1.27. The highest BCUT2D eigenvalue weighted by Crippen LogP contribution is 2.10. The van der Waals surface area contributed by atoms with Crippen LogP contribution in [0.25, 0.3) is 0 Å². The molecule has 0 unspecified atom stereocenters. The number of benzene rings is 2. The van der Waals surface area contributed by atoms with Gasteiger partial charge in [-0.15, -0.1) is 0 Å². The summed E-state index contributed by atoms with van der Waals surface area (Å²) >= 11 is 0. The smallest absolute Gasteiger partial charge is 0.411 e. The zero-order valence-electron chi connectivity index (χ0n) is 17.9. The Hall–Kier alpha value is -3.55. The molecule has 3 N–H and O–H groups in total. The number of nitrogens with one attached hydrogen (secondary N) is 3. The van der Waals surface area contributed by atoms with E-state index in [0.29, 0.717) is 30.3 Å². The van der Waals surface area contributed by atoms with Crippen LogP contribution in [0.4, 0.5) is 10.5 Å². The summed E-state index contributed by atoms with van der Waals surface area (Å²) in [6.07, 6.45) is 0.269. The van der Waals surface area contributed by atoms with Crippen LogP contribution in [0.5, 0.6) is 0 Å². The number of aliphatic imine (C=N–C) groups is 1. The zero-order valence-corrected chi connectivity index (χ0v) is 17.9. The molecule has 0 saturated carbocycles. The van der Waals surface area contributed by atoms with Crippen molar-refractivity contribution in [2.24, 2.45) is 4.99 Å². The van der Waals surface area contributed by atoms with E-state index in [4.69, 9.17) is 0 Å². The zero-order chi connectivity index (χ0) is 21.9. The second kappa shape index (κ2) is 11.5. The van der Waals surface area contributed by atoms with Gasteiger partial charge in [-0.1, -0.05) is 24.3 Å². The van der Waals surface area contributed by atoms with Gasteiger partial charge >= 0.3 is 6.09 Å². The molecule has 0 spiro atoms. The summed E-state index contributed by atoms with van der Waals surface area (Å²) in [4.78, 5) is 29.1. The number of ether oxygens (including phenoxy) is 1. The number of amides is 2. The number of nitrogens with zero attached hydrogens (tertiary/aromatic N) is 2. The molecule has 2 aromatic carbocycles. The lowest BCUT2D eigenvalue weighted by molar-refractivity contribution is 0.0827. The molecule has 0 aromatic heterocycles. The summed E-state index contributed by atoms with van der Waals surface area (Å²) in [6, 6.07) is 15.1. The molecular formula is C22H29N5O3. The van der Waals surface area contributed by atoms with Crippen molar-refractivity contribution < 1.29 is 14.3 Å². The predicted molar refractivity (Wildman–Crippen MR) is 119 cm³/mol. The van der Waals surface area contributed by atoms with E-state index >= 15 is 0 Å². The highest BCUT2D eigenvalue weighted by atomic mass is 16.5. The standard InChI is InChI=1S/C22H29N5O3/c1-23-21(25-15-17-8-10-19(11-9-17)26-22(29)30-4)24-13-12-16-6-5-7-18(14-16)20(28)27(2)3/h5-11,14H,12-13,15H2,1-4H3,(H,26,29)(H2,23,24,25). The van der Waals surface area contributed by atoms with E-state index in [2.05, 4.69) is 25.7 Å². The normalized spacial score (nSPS) is 10.9. The van der Waals surface area contributed by atoms with Crippen LogP contribution in [0.2, 0.25) is 0 Å². The first-order valence-corrected chi connectivity index (χ1v) is 9.62. The van der Waals surface area contributed by atoms with Crippen LogP contribution in [-0.2, 0) is 17.7 Å². The molecule has 0 heterocycles. The summed E-state index contributed by atoms with van der Waals surface area (Å²) < 4.78 is 4.57. The van der Waals surface area contributed by atoms with Gasteiger partial charge in [-0.3, -0.25) is 15.1 Å². The maximum absolute atomic E-state index is 12.1. The molecule has 8 nitrogen and oxygen atoms in total. The maximum atomic E-state index is 12.1. The van der Waals surface area contributed by atoms with Crippen molar-refractivity contribution in [2.45, 2.75) is 13.0 Å². The number of hydrogen-bond donors (Lipinski definition) is 3. The predicted octanol–water partition coefficient (Wildman–Crippen LogP) is 2.47. The molecule has 2 rings (SSSR count). The minimum atomic E-state index is -0.498. The van der Waals surface area contributed by atoms with Gasteiger partial charge in [-0.25, -0.2) is 4.79 Å². The fourth-order valence-electron chi connectivity index (χ4n) is 2.72. The van der Waals surface area contributed by atoms with E-state index < -0.39 is 6.09 Å². The Bertz CT molecular complexity index is 879. The van der Waals surface area contributed by atoms with Crippen LogP contribution in [0.1, 0.15) is 21.5 Å². The Labute approximate surface area is 177 Å². The SMILES string of the molecule is CN=C(NCCc1cccc(C(=O)N(C)C)c1)NCc1ccc(NC(=O)OC)cc1. The van der Waals surface area contributed by atoms with Gasteiger partial charge < -0.3 is 20.3 Å². The molecule has 0 radical (unpaired) electrons. The average Bonchev–Trinajstić information content (AvgIpc) is 2.76. The van der Waals surface area contributed by atoms with Gasteiger partial charge in [-0.2, -0.15) is 0 Å². The fourth-order valence-corrected chi connectivity index (χ4v) is 2.72. The molecule has 0 atom stereocenters. The van der Waals surface area contributed by atoms with E-state index in [1.165, 1.54) is 7.11 Å². The topological polar surface area (TPSA) is 95.1 Å². The van der Waals surface area contributed by atoms with Gasteiger partial charge in [0.15, 0.2) is 5.96 Å². The first kappa shape index (κ1) is 22.7. The third-order valence-corrected chi connectivity index (χ3v) is 4.36. The van der Waals surface area contributed by atoms with E-state index in [0.717, 1.165) is 17.5 Å². The van der Waals surface area contributed by atoms with Crippen molar-refractivity contribution >= 4 is 23.6 Å². The van der Waals surface area contributed by atoms with E-state index in [9.17, 15) is 9.59 Å². The van der Waals surface area contributed by atoms with Crippen LogP contribution in [0, 0.1) is 0 Å². The Morgan fingerprint density at radius 2 is 1.77 bits per heavy atom. The monoisotopic (exact) mass is 411 g/mol. The minimum Gasteiger partial charge on any atom is -0.453 e. The van der Waals surface area contributed by atoms with Crippen molar-refractivity contribution in [1.82, 2.24) is 15.5 Å². The molecule has 0 aliphatic carbocycles. The Kier molecular flexibility index (Phi) is 8.68. The Morgan fingerprint density at radius 1 is 1.03 bits per heavy atom. The minimum absolute atomic E-state index is 0.00455. The van der Waals surface area contributed by atoms with E-state index in [-0.39, 0.29) is 5.91 Å². The number of guanidine groups is 1. The number of methoxy groups -OCH3 is 1. The lowest BCUT2D eigenvalue weighted by Crippen LogP contribution is -2.37. The van der Waals surface area contributed by atoms with Crippen molar-refractivity contribution in [1.29, 1.82) is 0 Å². The summed E-state index contributed by atoms with van der Waals surface area (Å²) in [5, 5.41) is 9.14. The van der Waals surface area contributed by atoms with Crippen LogP contribution in [0.3, 0.4) is 0 Å². The van der Waals surface area contributed by atoms with Gasteiger partial charge in [0, 0.05) is 45.5 Å². The second-order valence-electron chi connectivity index (χ2n) is 6.82. The summed E-state index contributed by atoms with van der Waals surface area (Å²) in [7, 11) is 6.53. The maximum Gasteiger partial charge on any atom is 0.411 e. The van der Waals surface area contributed by atoms with Crippen molar-refractivity contribution in [3.8, 4) is 0 Å². The Balaban J connectivity index is 1.81. The number of hydrogen-bond acceptors (Lipinski definition) is 4. The highest BCUT2D eigenvalue weighted by Gasteiger charge is 2.08. The largest absolute Gasteiger partial charge is 0.453 e. The average molecular weight is 412 g/mol. The van der Waals surface area contributed by atoms with Gasteiger partial charge in [-0.05, 0) is 41.8 Å². The van der Waals surface area contributed by atoms with Crippen LogP contribution >= 0.6 is 0 Å². The number of rotatable bonds is 7. The van der Waals surface area contributed by atoms with Crippen LogP contribution in [0.15, 0.2) is 53.5 Å². The molecule has 160 valence electrons. The van der Waals surface area contributed by atoms with Gasteiger partial charge in [0.2, 0.25) is 0 Å². The highest BCUT2D eigenvalue weighted by molar-refractivity contribution is 5.94. The molecule has 30 heavy (non-hydrogen) atoms. The number of anilines is 1. The van der Waals surface area contributed by atoms with E-state index in [1.807, 2.05) is 48.5 Å². The molecule has 0 aliphatic heterocycles. The summed E-state index contributed by atoms with van der Waals surface area (Å²) in [5.74, 6) is 0.683. The van der Waals surface area contributed by atoms with Gasteiger partial charge in [0.1, 0.15) is 0 Å². The molecule has 0 bridgehead atoms. The molecular weight excluding hydrogens is 382 g/mol. The van der Waals surface area contributed by atoms with Crippen molar-refractivity contribution in [3.05, 3.63) is 65.2 Å². The van der Waals surface area contributed by atoms with Crippen LogP contribution in [-0.4, -0.2) is 57.7 Å². The fraction of sp³-hybridized carbons (Fsp3) is 0.318. The molecule has 2 aromatic rings. The molecule has 0 aliphatic rings. The number of carbonyl (C=O) groups excluding carboxylic acids is 2. The first-order chi connectivity index (χ1) is 14.4. The van der Waals surface area contributed by atoms with Crippen molar-refractivity contribution in [2.75, 3.05) is 40.1 Å². The second-order valence-corrected chi connectivity index (χ2v) is 6.82. The third-order valence-electron chi connectivity index (χ3n) is 4.36. The molecule has 0 saturated heterocycles. The lowest BCUT2D eigenvalue weighted by Gasteiger charge is -2.13. The van der Waals surface area contributed by atoms with Crippen LogP contribution < -0.4 is 16.0 Å². The van der Waals surface area contributed by atoms with E-state index in [1.54, 1.807) is 26.0 Å². The Morgan fingerprint density at radius 3 is 2.40 bits per heavy atom. The van der Waals surface area contributed by atoms with Gasteiger partial charge in [0.25, 0.3) is 5.91 Å². The summed E-state index contributed by atoms with van der Waals surface area (Å²) in [5.41, 5.74) is 3.48. The van der Waals surface area contributed by atoms with Gasteiger partial charge in [0.05, 0.1) is 7.11 Å². The first-order valence-electron chi connectivity index (χ1n) is 9.62. The molecule has 0 fully saturated rings.